The topological polar surface area (TPSA) is 75.7 Å². The summed E-state index contributed by atoms with van der Waals surface area (Å²) >= 11 is 6.08. The van der Waals surface area contributed by atoms with E-state index in [9.17, 15) is 14.4 Å². The lowest BCUT2D eigenvalue weighted by Gasteiger charge is -2.27. The zero-order chi connectivity index (χ0) is 20.9. The summed E-state index contributed by atoms with van der Waals surface area (Å²) in [5, 5.41) is 3.87. The van der Waals surface area contributed by atoms with Crippen molar-refractivity contribution in [2.24, 2.45) is 11.8 Å². The van der Waals surface area contributed by atoms with Gasteiger partial charge in [-0.3, -0.25) is 24.6 Å². The highest BCUT2D eigenvalue weighted by Gasteiger charge is 2.66. The number of nitrogens with one attached hydrogen (secondary N) is 1. The van der Waals surface area contributed by atoms with Crippen molar-refractivity contribution in [1.29, 1.82) is 0 Å². The molecule has 0 radical (unpaired) electrons. The Morgan fingerprint density at radius 1 is 1.10 bits per heavy atom. The van der Waals surface area contributed by atoms with Gasteiger partial charge in [-0.15, -0.1) is 0 Å². The number of halogens is 1. The Balaban J connectivity index is 1.72. The lowest BCUT2D eigenvalue weighted by molar-refractivity contribution is -0.152. The van der Waals surface area contributed by atoms with E-state index < -0.39 is 29.4 Å². The molecule has 2 aliphatic heterocycles. The van der Waals surface area contributed by atoms with Crippen molar-refractivity contribution in [2.75, 3.05) is 14.2 Å². The van der Waals surface area contributed by atoms with E-state index in [1.807, 2.05) is 48.5 Å². The number of carbonyl (C=O) groups is 3. The van der Waals surface area contributed by atoms with E-state index in [2.05, 4.69) is 5.32 Å². The molecule has 6 nitrogen and oxygen atoms in total. The molecule has 0 spiro atoms. The fourth-order valence-corrected chi connectivity index (χ4v) is 4.71. The number of nitrogens with zero attached hydrogens (tertiary/aromatic N) is 1. The van der Waals surface area contributed by atoms with Crippen molar-refractivity contribution < 1.29 is 19.1 Å². The van der Waals surface area contributed by atoms with Crippen LogP contribution < -0.4 is 5.32 Å². The minimum absolute atomic E-state index is 0.288. The summed E-state index contributed by atoms with van der Waals surface area (Å²) < 4.78 is 4.94. The number of rotatable bonds is 3. The number of benzene rings is 2. The molecule has 2 aromatic carbocycles. The number of ether oxygens (including phenoxy) is 1. The van der Waals surface area contributed by atoms with E-state index in [1.165, 1.54) is 14.2 Å². The molecule has 2 aromatic rings. The first-order valence-corrected chi connectivity index (χ1v) is 9.69. The maximum atomic E-state index is 12.8. The molecule has 3 unspecified atom stereocenters. The Morgan fingerprint density at radius 3 is 2.41 bits per heavy atom. The van der Waals surface area contributed by atoms with E-state index >= 15 is 0 Å². The van der Waals surface area contributed by atoms with Crippen molar-refractivity contribution in [3.63, 3.8) is 0 Å². The van der Waals surface area contributed by atoms with Crippen LogP contribution in [0, 0.1) is 11.8 Å². The molecular weight excluding hydrogens is 392 g/mol. The first kappa shape index (κ1) is 19.6. The van der Waals surface area contributed by atoms with Gasteiger partial charge in [-0.1, -0.05) is 48.0 Å². The van der Waals surface area contributed by atoms with Crippen LogP contribution in [0.15, 0.2) is 48.5 Å². The number of methoxy groups -OCH3 is 1. The standard InChI is InChI=1S/C22H21ClN2O4/c1-22(21(28)29-3)17-16(19(26)25(2)20(17)27)18(24-22)13-9-7-12(8-10-13)14-5-4-6-15(23)11-14/h4-11,16-18,24H,1-3H3/t16?,17?,18?,22-/m1/s1. The maximum Gasteiger partial charge on any atom is 0.326 e. The Morgan fingerprint density at radius 2 is 1.79 bits per heavy atom. The molecule has 0 saturated carbocycles. The zero-order valence-corrected chi connectivity index (χ0v) is 17.1. The quantitative estimate of drug-likeness (QED) is 0.619. The molecule has 150 valence electrons. The van der Waals surface area contributed by atoms with Gasteiger partial charge < -0.3 is 4.74 Å². The fourth-order valence-electron chi connectivity index (χ4n) is 4.52. The van der Waals surface area contributed by atoms with Gasteiger partial charge in [-0.25, -0.2) is 0 Å². The number of fused-ring (bicyclic) bond motifs is 1. The lowest BCUT2D eigenvalue weighted by Crippen LogP contribution is -2.53. The van der Waals surface area contributed by atoms with Gasteiger partial charge in [-0.05, 0) is 35.7 Å². The third-order valence-corrected chi connectivity index (χ3v) is 6.28. The number of imide groups is 1. The van der Waals surface area contributed by atoms with Gasteiger partial charge >= 0.3 is 5.97 Å². The van der Waals surface area contributed by atoms with E-state index in [0.29, 0.717) is 5.02 Å². The average Bonchev–Trinajstić information content (AvgIpc) is 3.16. The van der Waals surface area contributed by atoms with Gasteiger partial charge in [0.2, 0.25) is 11.8 Å². The van der Waals surface area contributed by atoms with E-state index in [4.69, 9.17) is 16.3 Å². The lowest BCUT2D eigenvalue weighted by atomic mass is 9.80. The van der Waals surface area contributed by atoms with Crippen molar-refractivity contribution in [2.45, 2.75) is 18.5 Å². The first-order valence-electron chi connectivity index (χ1n) is 9.31. The molecule has 2 fully saturated rings. The van der Waals surface area contributed by atoms with Crippen molar-refractivity contribution in [3.8, 4) is 11.1 Å². The minimum Gasteiger partial charge on any atom is -0.468 e. The average molecular weight is 413 g/mol. The number of hydrogen-bond acceptors (Lipinski definition) is 5. The van der Waals surface area contributed by atoms with Gasteiger partial charge in [-0.2, -0.15) is 0 Å². The SMILES string of the molecule is COC(=O)[C@]1(C)NC(c2ccc(-c3cccc(Cl)c3)cc2)C2C(=O)N(C)C(=O)C21. The summed E-state index contributed by atoms with van der Waals surface area (Å²) in [5.74, 6) is -2.66. The fraction of sp³-hybridized carbons (Fsp3) is 0.318. The van der Waals surface area contributed by atoms with Crippen LogP contribution in [0.5, 0.6) is 0 Å². The normalized spacial score (nSPS) is 28.6. The molecule has 2 heterocycles. The molecule has 2 aliphatic rings. The van der Waals surface area contributed by atoms with Crippen LogP contribution in [0.4, 0.5) is 0 Å². The van der Waals surface area contributed by atoms with Gasteiger partial charge in [0.15, 0.2) is 0 Å². The van der Waals surface area contributed by atoms with Crippen LogP contribution in [-0.4, -0.2) is 42.4 Å². The highest BCUT2D eigenvalue weighted by Crippen LogP contribution is 2.48. The highest BCUT2D eigenvalue weighted by molar-refractivity contribution is 6.30. The van der Waals surface area contributed by atoms with Crippen LogP contribution in [0.1, 0.15) is 18.5 Å². The van der Waals surface area contributed by atoms with E-state index in [0.717, 1.165) is 21.6 Å². The molecule has 2 amide bonds. The molecular formula is C22H21ClN2O4. The van der Waals surface area contributed by atoms with E-state index in [1.54, 1.807) is 6.92 Å². The smallest absolute Gasteiger partial charge is 0.326 e. The molecule has 0 aliphatic carbocycles. The van der Waals surface area contributed by atoms with Crippen molar-refractivity contribution in [1.82, 2.24) is 10.2 Å². The molecule has 0 aromatic heterocycles. The number of esters is 1. The highest BCUT2D eigenvalue weighted by atomic mass is 35.5. The predicted octanol–water partition coefficient (Wildman–Crippen LogP) is 2.81. The second-order valence-corrected chi connectivity index (χ2v) is 8.12. The summed E-state index contributed by atoms with van der Waals surface area (Å²) in [4.78, 5) is 39.2. The number of carbonyl (C=O) groups excluding carboxylic acids is 3. The van der Waals surface area contributed by atoms with Gasteiger partial charge in [0.05, 0.1) is 18.9 Å². The Bertz CT molecular complexity index is 1010. The Labute approximate surface area is 173 Å². The Hall–Kier alpha value is -2.70. The predicted molar refractivity (Wildman–Crippen MR) is 108 cm³/mol. The molecule has 29 heavy (non-hydrogen) atoms. The van der Waals surface area contributed by atoms with Crippen LogP contribution in [0.2, 0.25) is 5.02 Å². The molecule has 4 rings (SSSR count). The third-order valence-electron chi connectivity index (χ3n) is 6.05. The third kappa shape index (κ3) is 2.94. The van der Waals surface area contributed by atoms with Crippen LogP contribution >= 0.6 is 11.6 Å². The van der Waals surface area contributed by atoms with Gasteiger partial charge in [0.25, 0.3) is 0 Å². The number of likely N-dealkylation sites (tertiary alicyclic amines) is 1. The minimum atomic E-state index is -1.27. The van der Waals surface area contributed by atoms with Crippen molar-refractivity contribution >= 4 is 29.4 Å². The Kier molecular flexibility index (Phi) is 4.71. The zero-order valence-electron chi connectivity index (χ0n) is 16.3. The van der Waals surface area contributed by atoms with Crippen LogP contribution in [0.25, 0.3) is 11.1 Å². The molecule has 7 heteroatoms. The second-order valence-electron chi connectivity index (χ2n) is 7.69. The number of hydrogen-bond donors (Lipinski definition) is 1. The summed E-state index contributed by atoms with van der Waals surface area (Å²) in [6.07, 6.45) is 0. The summed E-state index contributed by atoms with van der Waals surface area (Å²) in [6.45, 7) is 1.63. The van der Waals surface area contributed by atoms with Crippen LogP contribution in [0.3, 0.4) is 0 Å². The maximum absolute atomic E-state index is 12.8. The molecule has 1 N–H and O–H groups in total. The second kappa shape index (κ2) is 6.97. The monoisotopic (exact) mass is 412 g/mol. The van der Waals surface area contributed by atoms with Crippen LogP contribution in [-0.2, 0) is 19.1 Å². The molecule has 2 saturated heterocycles. The first-order chi connectivity index (χ1) is 13.8. The number of amides is 2. The summed E-state index contributed by atoms with van der Waals surface area (Å²) in [5.41, 5.74) is 1.52. The summed E-state index contributed by atoms with van der Waals surface area (Å²) in [6, 6.07) is 14.8. The van der Waals surface area contributed by atoms with Crippen molar-refractivity contribution in [3.05, 3.63) is 59.1 Å². The van der Waals surface area contributed by atoms with Gasteiger partial charge in [0.1, 0.15) is 5.54 Å². The van der Waals surface area contributed by atoms with E-state index in [-0.39, 0.29) is 11.8 Å². The molecule has 0 bridgehead atoms. The molecule has 4 atom stereocenters. The summed E-state index contributed by atoms with van der Waals surface area (Å²) in [7, 11) is 2.74. The van der Waals surface area contributed by atoms with Gasteiger partial charge in [0, 0.05) is 18.1 Å². The largest absolute Gasteiger partial charge is 0.468 e.